The molecule has 0 saturated carbocycles. The van der Waals surface area contributed by atoms with Gasteiger partial charge in [0.2, 0.25) is 0 Å². The number of carbonyl (C=O) groups excluding carboxylic acids is 3. The summed E-state index contributed by atoms with van der Waals surface area (Å²) in [4.78, 5) is 44.2. The summed E-state index contributed by atoms with van der Waals surface area (Å²) in [6.45, 7) is 8.12. The van der Waals surface area contributed by atoms with Gasteiger partial charge in [0.1, 0.15) is 24.1 Å². The Morgan fingerprint density at radius 2 is 1.69 bits per heavy atom. The number of aliphatic hydroxyl groups is 2. The number of fused-ring (bicyclic) bond motifs is 3. The smallest absolute Gasteiger partial charge is 0.341 e. The summed E-state index contributed by atoms with van der Waals surface area (Å²) >= 11 is 0. The molecule has 2 fully saturated rings. The molecule has 0 amide bonds. The van der Waals surface area contributed by atoms with E-state index in [2.05, 4.69) is 38.2 Å². The van der Waals surface area contributed by atoms with E-state index < -0.39 is 34.8 Å². The molecule has 1 unspecified atom stereocenters. The molecule has 5 heterocycles. The molecule has 3 aliphatic heterocycles. The Bertz CT molecular complexity index is 2080. The minimum atomic E-state index is -2.22. The van der Waals surface area contributed by atoms with E-state index in [1.165, 1.54) is 37.7 Å². The second kappa shape index (κ2) is 14.9. The highest BCUT2D eigenvalue weighted by Gasteiger charge is 2.56. The summed E-state index contributed by atoms with van der Waals surface area (Å²) < 4.78 is 15.1. The van der Waals surface area contributed by atoms with Crippen LogP contribution in [0.3, 0.4) is 0 Å². The molecule has 0 bridgehead atoms. The van der Waals surface area contributed by atoms with Crippen LogP contribution in [0.5, 0.6) is 17.2 Å². The average molecular weight is 745 g/mol. The third-order valence-electron chi connectivity index (χ3n) is 11.5. The van der Waals surface area contributed by atoms with Gasteiger partial charge in [-0.1, -0.05) is 30.3 Å². The molecule has 2 aromatic heterocycles. The number of hydrogen-bond acceptors (Lipinski definition) is 12. The Labute approximate surface area is 312 Å². The number of ether oxygens (including phenoxy) is 2. The average Bonchev–Trinajstić information content (AvgIpc) is 3.92. The molecule has 288 valence electrons. The maximum atomic E-state index is 13.0. The zero-order chi connectivity index (χ0) is 39.1. The largest absolute Gasteiger partial charge is 0.504 e. The van der Waals surface area contributed by atoms with E-state index in [1.807, 2.05) is 31.3 Å². The lowest BCUT2D eigenvalue weighted by Crippen LogP contribution is -2.61. The number of rotatable bonds is 2. The molecule has 8 rings (SSSR count). The van der Waals surface area contributed by atoms with Crippen LogP contribution in [0.25, 0.3) is 10.9 Å². The molecule has 4 aromatic rings. The minimum absolute atomic E-state index is 0.0225. The molecule has 6 atom stereocenters. The van der Waals surface area contributed by atoms with Crippen LogP contribution in [0.15, 0.2) is 66.5 Å². The van der Waals surface area contributed by atoms with E-state index >= 15 is 0 Å². The predicted octanol–water partition coefficient (Wildman–Crippen LogP) is 3.54. The first-order chi connectivity index (χ1) is 25.5. The second-order valence-corrected chi connectivity index (χ2v) is 14.8. The summed E-state index contributed by atoms with van der Waals surface area (Å²) in [5.41, 5.74) is -0.0762. The Morgan fingerprint density at radius 3 is 2.35 bits per heavy atom. The van der Waals surface area contributed by atoms with Gasteiger partial charge in [0.25, 0.3) is 0 Å². The number of aromatic hydroxyl groups is 3. The van der Waals surface area contributed by atoms with Gasteiger partial charge in [-0.15, -0.1) is 0 Å². The molecule has 4 aliphatic rings. The summed E-state index contributed by atoms with van der Waals surface area (Å²) in [5, 5.41) is 48.3. The second-order valence-electron chi connectivity index (χ2n) is 14.8. The molecular weight excluding hydrogens is 696 g/mol. The zero-order valence-corrected chi connectivity index (χ0v) is 31.1. The van der Waals surface area contributed by atoms with Crippen molar-refractivity contribution in [1.82, 2.24) is 19.0 Å². The molecule has 0 radical (unpaired) electrons. The van der Waals surface area contributed by atoms with Crippen LogP contribution in [-0.2, 0) is 39.1 Å². The van der Waals surface area contributed by atoms with Crippen LogP contribution in [0.2, 0.25) is 0 Å². The number of nitrogens with zero attached hydrogens (tertiary/aromatic N) is 4. The molecular formula is C40H48N4O10. The van der Waals surface area contributed by atoms with Crippen LogP contribution >= 0.6 is 0 Å². The third kappa shape index (κ3) is 6.96. The number of ketones is 1. The number of imidazole rings is 1. The van der Waals surface area contributed by atoms with Crippen molar-refractivity contribution in [3.05, 3.63) is 83.6 Å². The van der Waals surface area contributed by atoms with Gasteiger partial charge < -0.3 is 44.1 Å². The van der Waals surface area contributed by atoms with Crippen LogP contribution in [0.1, 0.15) is 55.5 Å². The van der Waals surface area contributed by atoms with Crippen molar-refractivity contribution in [3.63, 3.8) is 0 Å². The number of cyclic esters (lactones) is 1. The highest BCUT2D eigenvalue weighted by atomic mass is 16.6. The van der Waals surface area contributed by atoms with Gasteiger partial charge >= 0.3 is 11.9 Å². The fourth-order valence-corrected chi connectivity index (χ4v) is 7.71. The number of carbonyl (C=O) groups is 3. The van der Waals surface area contributed by atoms with Crippen molar-refractivity contribution in [2.24, 2.45) is 18.9 Å². The molecule has 2 aromatic carbocycles. The summed E-state index contributed by atoms with van der Waals surface area (Å²) in [7, 11) is 2.06. The number of hydrogen-bond donors (Lipinski definition) is 5. The number of phenols is 3. The van der Waals surface area contributed by atoms with Gasteiger partial charge in [-0.05, 0) is 70.7 Å². The third-order valence-corrected chi connectivity index (χ3v) is 11.5. The van der Waals surface area contributed by atoms with Crippen LogP contribution in [0, 0.1) is 18.8 Å². The maximum absolute atomic E-state index is 13.0. The van der Waals surface area contributed by atoms with Crippen molar-refractivity contribution in [2.45, 2.75) is 76.9 Å². The van der Waals surface area contributed by atoms with E-state index in [9.17, 15) is 24.6 Å². The number of para-hydroxylation sites is 2. The van der Waals surface area contributed by atoms with Crippen LogP contribution in [-0.4, -0.2) is 105 Å². The summed E-state index contributed by atoms with van der Waals surface area (Å²) in [6.07, 6.45) is 7.97. The maximum Gasteiger partial charge on any atom is 0.341 e. The molecule has 2 saturated heterocycles. The SMILES string of the molecule is C[C@H]1C(=O)O[C@@H]2CCN3CC=C(COC(=O)[C@](C)(O)[C@]1(C)O)[C@H]23.Cc1nccn1CC1CCc2c(c3ccccc3n2C)C1=O.Oc1cccc(O)c1O. The van der Waals surface area contributed by atoms with Crippen molar-refractivity contribution >= 4 is 28.6 Å². The Kier molecular flexibility index (Phi) is 10.6. The minimum Gasteiger partial charge on any atom is -0.504 e. The summed E-state index contributed by atoms with van der Waals surface area (Å²) in [6, 6.07) is 12.1. The predicted molar refractivity (Wildman–Crippen MR) is 197 cm³/mol. The van der Waals surface area contributed by atoms with Crippen LogP contribution in [0.4, 0.5) is 0 Å². The first kappa shape index (κ1) is 38.5. The van der Waals surface area contributed by atoms with E-state index in [4.69, 9.17) is 24.8 Å². The lowest BCUT2D eigenvalue weighted by atomic mass is 9.76. The van der Waals surface area contributed by atoms with Gasteiger partial charge in [-0.2, -0.15) is 0 Å². The number of aryl methyl sites for hydroxylation is 2. The molecule has 14 heteroatoms. The number of benzene rings is 2. The number of Topliss-reactive ketones (excluding diaryl/α,β-unsaturated/α-hetero) is 1. The quantitative estimate of drug-likeness (QED) is 0.114. The molecule has 14 nitrogen and oxygen atoms in total. The van der Waals surface area contributed by atoms with Gasteiger partial charge in [-0.25, -0.2) is 9.78 Å². The zero-order valence-electron chi connectivity index (χ0n) is 31.1. The van der Waals surface area contributed by atoms with Gasteiger partial charge in [-0.3, -0.25) is 14.5 Å². The number of phenolic OH excluding ortho intramolecular Hbond substituents is 3. The van der Waals surface area contributed by atoms with E-state index in [0.717, 1.165) is 67.3 Å². The van der Waals surface area contributed by atoms with Crippen molar-refractivity contribution in [2.75, 3.05) is 19.7 Å². The highest BCUT2D eigenvalue weighted by molar-refractivity contribution is 6.11. The summed E-state index contributed by atoms with van der Waals surface area (Å²) in [5.74, 6) is -2.44. The lowest BCUT2D eigenvalue weighted by molar-refractivity contribution is -0.205. The lowest BCUT2D eigenvalue weighted by Gasteiger charge is -2.39. The Balaban J connectivity index is 0.000000151. The van der Waals surface area contributed by atoms with E-state index in [0.29, 0.717) is 6.42 Å². The molecule has 0 spiro atoms. The van der Waals surface area contributed by atoms with Crippen molar-refractivity contribution in [1.29, 1.82) is 0 Å². The first-order valence-corrected chi connectivity index (χ1v) is 18.1. The van der Waals surface area contributed by atoms with Crippen molar-refractivity contribution < 1.29 is 49.4 Å². The van der Waals surface area contributed by atoms with Gasteiger partial charge in [0.05, 0.1) is 12.0 Å². The number of aromatic nitrogens is 3. The fraction of sp³-hybridized carbons (Fsp3) is 0.450. The normalized spacial score (nSPS) is 28.0. The molecule has 5 N–H and O–H groups in total. The Morgan fingerprint density at radius 1 is 0.981 bits per heavy atom. The van der Waals surface area contributed by atoms with Gasteiger partial charge in [0.15, 0.2) is 28.6 Å². The topological polar surface area (TPSA) is 197 Å². The van der Waals surface area contributed by atoms with E-state index in [1.54, 1.807) is 6.20 Å². The van der Waals surface area contributed by atoms with E-state index in [-0.39, 0.29) is 42.0 Å². The van der Waals surface area contributed by atoms with Crippen LogP contribution < -0.4 is 0 Å². The monoisotopic (exact) mass is 744 g/mol. The van der Waals surface area contributed by atoms with Gasteiger partial charge in [0, 0.05) is 67.2 Å². The standard InChI is InChI=1S/C18H19N3O.C16H23NO6.C6H6O3/c1-12-19-9-10-21(12)11-13-7-8-16-17(18(13)22)14-5-3-4-6-15(14)20(16)2;1-9-13(18)23-11-5-7-17-6-4-10(12(11)17)8-22-14(19)16(3,21)15(9,2)20;7-4-2-1-3-5(8)6(4)9/h3-6,9-10,13H,7-8,11H2,1-2H3;4,9,11-12,20-21H,5-8H2,1-3H3;1-3,7-9H/t;9-,11+,12+,15+,16-;/m.0./s1. The first-order valence-electron chi connectivity index (χ1n) is 18.1. The fourth-order valence-electron chi connectivity index (χ4n) is 7.71. The molecule has 54 heavy (non-hydrogen) atoms. The highest BCUT2D eigenvalue weighted by Crippen LogP contribution is 2.38. The molecule has 1 aliphatic carbocycles. The number of esters is 2. The Hall–Kier alpha value is -5.18. The van der Waals surface area contributed by atoms with Crippen molar-refractivity contribution in [3.8, 4) is 17.2 Å².